The fourth-order valence-electron chi connectivity index (χ4n) is 3.07. The van der Waals surface area contributed by atoms with Crippen molar-refractivity contribution in [1.29, 1.82) is 0 Å². The maximum Gasteiger partial charge on any atom is 0.253 e. The van der Waals surface area contributed by atoms with E-state index >= 15 is 0 Å². The van der Waals surface area contributed by atoms with Gasteiger partial charge in [-0.3, -0.25) is 4.79 Å². The van der Waals surface area contributed by atoms with Gasteiger partial charge in [-0.25, -0.2) is 13.1 Å². The molecule has 0 saturated carbocycles. The highest BCUT2D eigenvalue weighted by Gasteiger charge is 2.18. The average molecular weight is 388 g/mol. The topological polar surface area (TPSA) is 75.7 Å². The van der Waals surface area contributed by atoms with Crippen molar-refractivity contribution in [2.45, 2.75) is 30.7 Å². The first-order valence-corrected chi connectivity index (χ1v) is 10.5. The van der Waals surface area contributed by atoms with E-state index in [1.807, 2.05) is 4.90 Å². The summed E-state index contributed by atoms with van der Waals surface area (Å²) in [4.78, 5) is 14.5. The van der Waals surface area contributed by atoms with Crippen molar-refractivity contribution >= 4 is 15.9 Å². The first kappa shape index (κ1) is 19.4. The number of hydrogen-bond donors (Lipinski definition) is 1. The van der Waals surface area contributed by atoms with Gasteiger partial charge in [0.1, 0.15) is 5.75 Å². The molecule has 0 spiro atoms. The Morgan fingerprint density at radius 3 is 2.44 bits per heavy atom. The van der Waals surface area contributed by atoms with Crippen LogP contribution in [0.5, 0.6) is 5.75 Å². The Hall–Kier alpha value is -2.38. The summed E-state index contributed by atoms with van der Waals surface area (Å²) < 4.78 is 32.5. The molecule has 1 amide bonds. The van der Waals surface area contributed by atoms with Crippen LogP contribution in [-0.2, 0) is 16.6 Å². The molecule has 1 saturated heterocycles. The van der Waals surface area contributed by atoms with E-state index in [-0.39, 0.29) is 17.3 Å². The molecule has 1 aliphatic rings. The largest absolute Gasteiger partial charge is 0.497 e. The molecule has 27 heavy (non-hydrogen) atoms. The number of nitrogens with zero attached hydrogens (tertiary/aromatic N) is 1. The van der Waals surface area contributed by atoms with Crippen LogP contribution in [0.2, 0.25) is 0 Å². The number of ether oxygens (including phenoxy) is 1. The summed E-state index contributed by atoms with van der Waals surface area (Å²) in [6, 6.07) is 13.4. The number of piperidine rings is 1. The number of nitrogens with one attached hydrogen (secondary N) is 1. The van der Waals surface area contributed by atoms with Gasteiger partial charge in [0.15, 0.2) is 0 Å². The fraction of sp³-hybridized carbons (Fsp3) is 0.350. The Bertz CT molecular complexity index is 888. The van der Waals surface area contributed by atoms with E-state index < -0.39 is 10.0 Å². The van der Waals surface area contributed by atoms with E-state index in [2.05, 4.69) is 4.72 Å². The number of carbonyl (C=O) groups excluding carboxylic acids is 1. The minimum atomic E-state index is -3.64. The highest BCUT2D eigenvalue weighted by Crippen LogP contribution is 2.18. The quantitative estimate of drug-likeness (QED) is 0.826. The second kappa shape index (κ2) is 8.54. The van der Waals surface area contributed by atoms with Crippen molar-refractivity contribution in [2.75, 3.05) is 20.2 Å². The van der Waals surface area contributed by atoms with Crippen LogP contribution in [0.4, 0.5) is 0 Å². The Kier molecular flexibility index (Phi) is 6.13. The number of methoxy groups -OCH3 is 1. The lowest BCUT2D eigenvalue weighted by molar-refractivity contribution is 0.0724. The lowest BCUT2D eigenvalue weighted by Gasteiger charge is -2.26. The minimum absolute atomic E-state index is 0.0400. The van der Waals surface area contributed by atoms with Crippen molar-refractivity contribution < 1.29 is 17.9 Å². The van der Waals surface area contributed by atoms with Crippen LogP contribution in [0, 0.1) is 0 Å². The molecule has 3 rings (SSSR count). The highest BCUT2D eigenvalue weighted by molar-refractivity contribution is 7.89. The Balaban J connectivity index is 1.63. The zero-order chi connectivity index (χ0) is 19.3. The first-order chi connectivity index (χ1) is 13.0. The van der Waals surface area contributed by atoms with E-state index in [0.717, 1.165) is 31.5 Å². The van der Waals surface area contributed by atoms with Crippen molar-refractivity contribution in [3.63, 3.8) is 0 Å². The van der Waals surface area contributed by atoms with Crippen LogP contribution in [0.1, 0.15) is 35.2 Å². The average Bonchev–Trinajstić information content (AvgIpc) is 2.73. The molecule has 0 radical (unpaired) electrons. The van der Waals surface area contributed by atoms with Gasteiger partial charge in [0.05, 0.1) is 12.0 Å². The summed E-state index contributed by atoms with van der Waals surface area (Å²) >= 11 is 0. The number of sulfonamides is 1. The lowest BCUT2D eigenvalue weighted by atomic mass is 10.1. The molecule has 1 fully saturated rings. The van der Waals surface area contributed by atoms with Crippen LogP contribution in [0.25, 0.3) is 0 Å². The zero-order valence-corrected chi connectivity index (χ0v) is 16.2. The van der Waals surface area contributed by atoms with Gasteiger partial charge >= 0.3 is 0 Å². The highest BCUT2D eigenvalue weighted by atomic mass is 32.2. The molecule has 0 bridgehead atoms. The van der Waals surface area contributed by atoms with E-state index in [0.29, 0.717) is 11.3 Å². The second-order valence-electron chi connectivity index (χ2n) is 6.55. The number of carbonyl (C=O) groups is 1. The van der Waals surface area contributed by atoms with Crippen LogP contribution in [0.15, 0.2) is 53.4 Å². The number of hydrogen-bond acceptors (Lipinski definition) is 4. The van der Waals surface area contributed by atoms with Crippen LogP contribution >= 0.6 is 0 Å². The molecule has 2 aromatic carbocycles. The molecular formula is C20H24N2O4S. The molecule has 7 heteroatoms. The molecule has 2 aromatic rings. The molecule has 1 N–H and O–H groups in total. The third kappa shape index (κ3) is 4.87. The molecule has 0 atom stereocenters. The third-order valence-electron chi connectivity index (χ3n) is 4.66. The Morgan fingerprint density at radius 1 is 1.07 bits per heavy atom. The molecule has 0 aromatic heterocycles. The van der Waals surface area contributed by atoms with Gasteiger partial charge < -0.3 is 9.64 Å². The van der Waals surface area contributed by atoms with Crippen molar-refractivity contribution in [2.24, 2.45) is 0 Å². The predicted octanol–water partition coefficient (Wildman–Crippen LogP) is 2.80. The van der Waals surface area contributed by atoms with Gasteiger partial charge in [-0.15, -0.1) is 0 Å². The smallest absolute Gasteiger partial charge is 0.253 e. The molecule has 0 aliphatic carbocycles. The molecule has 1 heterocycles. The van der Waals surface area contributed by atoms with Gasteiger partial charge in [0, 0.05) is 31.3 Å². The molecule has 144 valence electrons. The maximum atomic E-state index is 12.5. The molecule has 1 aliphatic heterocycles. The lowest BCUT2D eigenvalue weighted by Crippen LogP contribution is -2.35. The summed E-state index contributed by atoms with van der Waals surface area (Å²) in [5.41, 5.74) is 1.42. The first-order valence-electron chi connectivity index (χ1n) is 9.01. The van der Waals surface area contributed by atoms with E-state index in [4.69, 9.17) is 4.74 Å². The van der Waals surface area contributed by atoms with E-state index in [1.54, 1.807) is 36.4 Å². The van der Waals surface area contributed by atoms with Gasteiger partial charge in [-0.1, -0.05) is 18.2 Å². The van der Waals surface area contributed by atoms with Gasteiger partial charge in [-0.2, -0.15) is 0 Å². The maximum absolute atomic E-state index is 12.5. The zero-order valence-electron chi connectivity index (χ0n) is 15.3. The third-order valence-corrected chi connectivity index (χ3v) is 6.06. The second-order valence-corrected chi connectivity index (χ2v) is 8.32. The van der Waals surface area contributed by atoms with Crippen LogP contribution in [-0.4, -0.2) is 39.4 Å². The standard InChI is InChI=1S/C20H24N2O4S/c1-26-18-6-5-7-19(14-18)27(24,25)21-15-16-8-10-17(11-9-16)20(23)22-12-3-2-4-13-22/h5-11,14,21H,2-4,12-13,15H2,1H3. The Labute approximate surface area is 160 Å². The predicted molar refractivity (Wildman–Crippen MR) is 103 cm³/mol. The number of amides is 1. The van der Waals surface area contributed by atoms with Crippen LogP contribution in [0.3, 0.4) is 0 Å². The summed E-state index contributed by atoms with van der Waals surface area (Å²) in [7, 11) is -2.15. The van der Waals surface area contributed by atoms with E-state index in [9.17, 15) is 13.2 Å². The van der Waals surface area contributed by atoms with Gasteiger partial charge in [0.2, 0.25) is 10.0 Å². The molecule has 6 nitrogen and oxygen atoms in total. The summed E-state index contributed by atoms with van der Waals surface area (Å²) in [6.45, 7) is 1.76. The fourth-order valence-corrected chi connectivity index (χ4v) is 4.13. The molecular weight excluding hydrogens is 364 g/mol. The summed E-state index contributed by atoms with van der Waals surface area (Å²) in [6.07, 6.45) is 3.28. The normalized spacial score (nSPS) is 14.8. The number of likely N-dealkylation sites (tertiary alicyclic amines) is 1. The van der Waals surface area contributed by atoms with Gasteiger partial charge in [-0.05, 0) is 49.1 Å². The Morgan fingerprint density at radius 2 is 1.78 bits per heavy atom. The number of rotatable bonds is 6. The van der Waals surface area contributed by atoms with E-state index in [1.165, 1.54) is 25.7 Å². The van der Waals surface area contributed by atoms with Crippen molar-refractivity contribution in [3.05, 3.63) is 59.7 Å². The summed E-state index contributed by atoms with van der Waals surface area (Å²) in [5.74, 6) is 0.525. The van der Waals surface area contributed by atoms with Crippen molar-refractivity contribution in [3.8, 4) is 5.75 Å². The number of benzene rings is 2. The van der Waals surface area contributed by atoms with Crippen LogP contribution < -0.4 is 9.46 Å². The van der Waals surface area contributed by atoms with Gasteiger partial charge in [0.25, 0.3) is 5.91 Å². The SMILES string of the molecule is COc1cccc(S(=O)(=O)NCc2ccc(C(=O)N3CCCCC3)cc2)c1. The van der Waals surface area contributed by atoms with Crippen molar-refractivity contribution in [1.82, 2.24) is 9.62 Å². The molecule has 0 unspecified atom stereocenters. The summed E-state index contributed by atoms with van der Waals surface area (Å²) in [5, 5.41) is 0. The monoisotopic (exact) mass is 388 g/mol. The minimum Gasteiger partial charge on any atom is -0.497 e.